The van der Waals surface area contributed by atoms with Crippen LogP contribution >= 0.6 is 23.2 Å². The number of fused-ring (bicyclic) bond motifs is 1. The van der Waals surface area contributed by atoms with Crippen LogP contribution < -0.4 is 15.4 Å². The fraction of sp³-hybridized carbons (Fsp3) is 0.176. The number of carbonyl (C=O) groups is 2. The maximum Gasteiger partial charge on any atom is 0.262 e. The number of ether oxygens (including phenoxy) is 1. The average Bonchev–Trinajstić information content (AvgIpc) is 2.56. The predicted octanol–water partition coefficient (Wildman–Crippen LogP) is 3.90. The second-order valence-corrected chi connectivity index (χ2v) is 6.17. The molecule has 0 radical (unpaired) electrons. The summed E-state index contributed by atoms with van der Waals surface area (Å²) in [6.45, 7) is -0.159. The van der Waals surface area contributed by atoms with Crippen LogP contribution in [0.1, 0.15) is 12.0 Å². The second kappa shape index (κ2) is 7.11. The molecule has 0 fully saturated rings. The van der Waals surface area contributed by atoms with Crippen LogP contribution in [0.2, 0.25) is 10.0 Å². The van der Waals surface area contributed by atoms with Crippen molar-refractivity contribution in [2.24, 2.45) is 0 Å². The van der Waals surface area contributed by atoms with E-state index < -0.39 is 0 Å². The molecule has 1 heterocycles. The monoisotopic (exact) mass is 364 g/mol. The van der Waals surface area contributed by atoms with Crippen molar-refractivity contribution in [1.82, 2.24) is 0 Å². The van der Waals surface area contributed by atoms with Crippen LogP contribution in [0.15, 0.2) is 36.4 Å². The van der Waals surface area contributed by atoms with Crippen molar-refractivity contribution in [3.05, 3.63) is 52.0 Å². The molecule has 0 atom stereocenters. The molecule has 5 nitrogen and oxygen atoms in total. The molecule has 7 heteroatoms. The number of nitrogens with one attached hydrogen (secondary N) is 2. The fourth-order valence-corrected chi connectivity index (χ4v) is 2.71. The molecule has 2 aromatic carbocycles. The van der Waals surface area contributed by atoms with Gasteiger partial charge in [0.1, 0.15) is 5.75 Å². The maximum absolute atomic E-state index is 12.0. The second-order valence-electron chi connectivity index (χ2n) is 5.33. The van der Waals surface area contributed by atoms with E-state index >= 15 is 0 Å². The third-order valence-corrected chi connectivity index (χ3v) is 4.11. The van der Waals surface area contributed by atoms with Gasteiger partial charge in [-0.25, -0.2) is 0 Å². The summed E-state index contributed by atoms with van der Waals surface area (Å²) in [5.41, 5.74) is 2.21. The quantitative estimate of drug-likeness (QED) is 0.864. The number of rotatable bonds is 4. The van der Waals surface area contributed by atoms with Gasteiger partial charge in [-0.05, 0) is 48.4 Å². The minimum absolute atomic E-state index is 0.00828. The molecular formula is C17H14Cl2N2O3. The molecule has 0 saturated heterocycles. The van der Waals surface area contributed by atoms with E-state index in [9.17, 15) is 9.59 Å². The van der Waals surface area contributed by atoms with E-state index in [1.807, 2.05) is 6.07 Å². The molecule has 1 aliphatic heterocycles. The van der Waals surface area contributed by atoms with Gasteiger partial charge in [-0.15, -0.1) is 0 Å². The van der Waals surface area contributed by atoms with Crippen LogP contribution in [0.4, 0.5) is 11.4 Å². The van der Waals surface area contributed by atoms with Crippen molar-refractivity contribution in [2.75, 3.05) is 17.2 Å². The molecule has 0 spiro atoms. The van der Waals surface area contributed by atoms with Gasteiger partial charge in [0.2, 0.25) is 5.91 Å². The van der Waals surface area contributed by atoms with Gasteiger partial charge in [0.25, 0.3) is 5.91 Å². The first-order valence-corrected chi connectivity index (χ1v) is 8.07. The normalized spacial score (nSPS) is 13.0. The Kier molecular flexibility index (Phi) is 4.92. The molecule has 0 bridgehead atoms. The summed E-state index contributed by atoms with van der Waals surface area (Å²) in [5, 5.41) is 6.33. The SMILES string of the molecule is O=C(COc1ccc2c(c1)CCC(=O)N2)Nc1cc(Cl)ccc1Cl. The first kappa shape index (κ1) is 16.6. The number of aryl methyl sites for hydroxylation is 1. The molecule has 0 aliphatic carbocycles. The van der Waals surface area contributed by atoms with Crippen molar-refractivity contribution >= 4 is 46.4 Å². The van der Waals surface area contributed by atoms with Gasteiger partial charge in [0.05, 0.1) is 10.7 Å². The van der Waals surface area contributed by atoms with E-state index in [0.717, 1.165) is 11.3 Å². The lowest BCUT2D eigenvalue weighted by molar-refractivity contribution is -0.118. The zero-order chi connectivity index (χ0) is 17.1. The molecule has 3 rings (SSSR count). The molecule has 24 heavy (non-hydrogen) atoms. The predicted molar refractivity (Wildman–Crippen MR) is 94.0 cm³/mol. The van der Waals surface area contributed by atoms with Crippen molar-refractivity contribution in [2.45, 2.75) is 12.8 Å². The Hall–Kier alpha value is -2.24. The van der Waals surface area contributed by atoms with Crippen LogP contribution in [0, 0.1) is 0 Å². The van der Waals surface area contributed by atoms with Crippen molar-refractivity contribution in [1.29, 1.82) is 0 Å². The van der Waals surface area contributed by atoms with Gasteiger partial charge >= 0.3 is 0 Å². The van der Waals surface area contributed by atoms with Crippen LogP contribution in [0.5, 0.6) is 5.75 Å². The number of anilines is 2. The molecule has 2 amide bonds. The maximum atomic E-state index is 12.0. The van der Waals surface area contributed by atoms with Crippen molar-refractivity contribution in [3.8, 4) is 5.75 Å². The third kappa shape index (κ3) is 3.99. The lowest BCUT2D eigenvalue weighted by Gasteiger charge is -2.17. The highest BCUT2D eigenvalue weighted by molar-refractivity contribution is 6.35. The van der Waals surface area contributed by atoms with E-state index in [-0.39, 0.29) is 18.4 Å². The van der Waals surface area contributed by atoms with Gasteiger partial charge in [0, 0.05) is 17.1 Å². The summed E-state index contributed by atoms with van der Waals surface area (Å²) in [5.74, 6) is 0.233. The zero-order valence-corrected chi connectivity index (χ0v) is 14.1. The topological polar surface area (TPSA) is 67.4 Å². The van der Waals surface area contributed by atoms with E-state index in [2.05, 4.69) is 10.6 Å². The Labute approximate surface area is 148 Å². The summed E-state index contributed by atoms with van der Waals surface area (Å²) in [7, 11) is 0. The van der Waals surface area contributed by atoms with E-state index in [0.29, 0.717) is 34.3 Å². The minimum Gasteiger partial charge on any atom is -0.484 e. The van der Waals surface area contributed by atoms with E-state index in [4.69, 9.17) is 27.9 Å². The molecule has 1 aliphatic rings. The van der Waals surface area contributed by atoms with Crippen LogP contribution in [0.25, 0.3) is 0 Å². The third-order valence-electron chi connectivity index (χ3n) is 3.54. The lowest BCUT2D eigenvalue weighted by Crippen LogP contribution is -2.21. The highest BCUT2D eigenvalue weighted by Crippen LogP contribution is 2.27. The summed E-state index contributed by atoms with van der Waals surface area (Å²) in [6, 6.07) is 10.1. The van der Waals surface area contributed by atoms with Gasteiger partial charge in [-0.3, -0.25) is 9.59 Å². The smallest absolute Gasteiger partial charge is 0.262 e. The Balaban J connectivity index is 1.60. The first-order valence-electron chi connectivity index (χ1n) is 7.32. The van der Waals surface area contributed by atoms with Crippen LogP contribution in [-0.4, -0.2) is 18.4 Å². The van der Waals surface area contributed by atoms with Crippen LogP contribution in [-0.2, 0) is 16.0 Å². The Morgan fingerprint density at radius 2 is 2.00 bits per heavy atom. The molecule has 0 saturated carbocycles. The highest BCUT2D eigenvalue weighted by atomic mass is 35.5. The molecule has 124 valence electrons. The largest absolute Gasteiger partial charge is 0.484 e. The Morgan fingerprint density at radius 3 is 2.83 bits per heavy atom. The Bertz CT molecular complexity index is 808. The molecule has 2 N–H and O–H groups in total. The van der Waals surface area contributed by atoms with Gasteiger partial charge in [-0.1, -0.05) is 23.2 Å². The standard InChI is InChI=1S/C17H14Cl2N2O3/c18-11-2-4-13(19)15(8-11)21-17(23)9-24-12-3-5-14-10(7-12)1-6-16(22)20-14/h2-5,7-8H,1,6,9H2,(H,20,22)(H,21,23). The molecule has 2 aromatic rings. The summed E-state index contributed by atoms with van der Waals surface area (Å²) in [4.78, 5) is 23.3. The first-order chi connectivity index (χ1) is 11.5. The van der Waals surface area contributed by atoms with Gasteiger partial charge in [0.15, 0.2) is 6.61 Å². The average molecular weight is 365 g/mol. The number of hydrogen-bond acceptors (Lipinski definition) is 3. The number of benzene rings is 2. The molecular weight excluding hydrogens is 351 g/mol. The lowest BCUT2D eigenvalue weighted by atomic mass is 10.0. The Morgan fingerprint density at radius 1 is 1.17 bits per heavy atom. The van der Waals surface area contributed by atoms with Gasteiger partial charge < -0.3 is 15.4 Å². The fourth-order valence-electron chi connectivity index (χ4n) is 2.38. The summed E-state index contributed by atoms with van der Waals surface area (Å²) < 4.78 is 5.50. The number of carbonyl (C=O) groups excluding carboxylic acids is 2. The van der Waals surface area contributed by atoms with Crippen molar-refractivity contribution in [3.63, 3.8) is 0 Å². The number of amides is 2. The van der Waals surface area contributed by atoms with Gasteiger partial charge in [-0.2, -0.15) is 0 Å². The van der Waals surface area contributed by atoms with E-state index in [1.54, 1.807) is 30.3 Å². The van der Waals surface area contributed by atoms with E-state index in [1.165, 1.54) is 0 Å². The zero-order valence-electron chi connectivity index (χ0n) is 12.6. The summed E-state index contributed by atoms with van der Waals surface area (Å²) in [6.07, 6.45) is 1.10. The van der Waals surface area contributed by atoms with Crippen molar-refractivity contribution < 1.29 is 14.3 Å². The minimum atomic E-state index is -0.342. The van der Waals surface area contributed by atoms with Crippen LogP contribution in [0.3, 0.4) is 0 Å². The summed E-state index contributed by atoms with van der Waals surface area (Å²) >= 11 is 11.9. The highest BCUT2D eigenvalue weighted by Gasteiger charge is 2.15. The molecule has 0 aromatic heterocycles. The number of halogens is 2. The number of hydrogen-bond donors (Lipinski definition) is 2. The molecule has 0 unspecified atom stereocenters.